The van der Waals surface area contributed by atoms with Crippen LogP contribution in [-0.2, 0) is 0 Å². The molecule has 3 rings (SSSR count). The van der Waals surface area contributed by atoms with Crippen LogP contribution in [0.3, 0.4) is 0 Å². The fraction of sp³-hybridized carbons (Fsp3) is 0.333. The van der Waals surface area contributed by atoms with Crippen LogP contribution in [0, 0.1) is 10.1 Å². The number of piperazine rings is 1. The lowest BCUT2D eigenvalue weighted by molar-refractivity contribution is -0.384. The molecule has 0 spiro atoms. The minimum atomic E-state index is -0.959. The molecule has 0 aromatic carbocycles. The summed E-state index contributed by atoms with van der Waals surface area (Å²) in [6.07, 6.45) is 1.88. The van der Waals surface area contributed by atoms with Crippen LogP contribution in [0.5, 0.6) is 0 Å². The van der Waals surface area contributed by atoms with Gasteiger partial charge in [-0.25, -0.2) is 19.7 Å². The highest BCUT2D eigenvalue weighted by Crippen LogP contribution is 2.29. The van der Waals surface area contributed by atoms with Gasteiger partial charge in [-0.2, -0.15) is 0 Å². The summed E-state index contributed by atoms with van der Waals surface area (Å²) >= 11 is 0. The maximum atomic E-state index is 11.3. The minimum absolute atomic E-state index is 0.0686. The van der Waals surface area contributed by atoms with E-state index < -0.39 is 11.0 Å². The van der Waals surface area contributed by atoms with E-state index in [2.05, 4.69) is 20.3 Å². The van der Waals surface area contributed by atoms with Crippen molar-refractivity contribution in [2.45, 2.75) is 13.0 Å². The lowest BCUT2D eigenvalue weighted by atomic mass is 10.2. The fourth-order valence-corrected chi connectivity index (χ4v) is 2.80. The first-order valence-electron chi connectivity index (χ1n) is 7.88. The van der Waals surface area contributed by atoms with Crippen molar-refractivity contribution in [3.05, 3.63) is 40.8 Å². The van der Waals surface area contributed by atoms with Crippen LogP contribution < -0.4 is 10.2 Å². The summed E-state index contributed by atoms with van der Waals surface area (Å²) in [6.45, 7) is 3.01. The molecule has 2 N–H and O–H groups in total. The maximum Gasteiger partial charge on any atom is 0.407 e. The van der Waals surface area contributed by atoms with Gasteiger partial charge in [0.05, 0.1) is 4.92 Å². The Labute approximate surface area is 148 Å². The first-order chi connectivity index (χ1) is 12.5. The summed E-state index contributed by atoms with van der Waals surface area (Å²) in [5.74, 6) is 0.986. The first kappa shape index (κ1) is 17.3. The van der Waals surface area contributed by atoms with E-state index >= 15 is 0 Å². The SMILES string of the molecule is C[C@H]1CN(C(=O)O)CCN1c1ccc([N+](=O)[O-])c(Nc2ccncn2)n1. The Morgan fingerprint density at radius 1 is 1.38 bits per heavy atom. The van der Waals surface area contributed by atoms with Gasteiger partial charge in [0.1, 0.15) is 18.0 Å². The van der Waals surface area contributed by atoms with Gasteiger partial charge in [0.15, 0.2) is 0 Å². The molecule has 0 bridgehead atoms. The molecule has 0 aliphatic carbocycles. The second-order valence-electron chi connectivity index (χ2n) is 5.78. The van der Waals surface area contributed by atoms with Crippen LogP contribution in [0.25, 0.3) is 0 Å². The molecule has 2 aromatic rings. The van der Waals surface area contributed by atoms with Crippen molar-refractivity contribution >= 4 is 29.2 Å². The molecule has 0 saturated carbocycles. The molecule has 2 aromatic heterocycles. The Bertz CT molecular complexity index is 817. The summed E-state index contributed by atoms with van der Waals surface area (Å²) < 4.78 is 0. The van der Waals surface area contributed by atoms with E-state index in [1.807, 2.05) is 11.8 Å². The number of carboxylic acid groups (broad SMARTS) is 1. The van der Waals surface area contributed by atoms with Crippen molar-refractivity contribution in [2.24, 2.45) is 0 Å². The van der Waals surface area contributed by atoms with Crippen molar-refractivity contribution < 1.29 is 14.8 Å². The molecule has 0 radical (unpaired) electrons. The Morgan fingerprint density at radius 3 is 2.81 bits per heavy atom. The predicted octanol–water partition coefficient (Wildman–Crippen LogP) is 1.71. The maximum absolute atomic E-state index is 11.3. The number of rotatable bonds is 4. The lowest BCUT2D eigenvalue weighted by Gasteiger charge is -2.39. The van der Waals surface area contributed by atoms with E-state index in [1.165, 1.54) is 23.5 Å². The number of nitro groups is 1. The number of hydrogen-bond acceptors (Lipinski definition) is 8. The van der Waals surface area contributed by atoms with E-state index in [4.69, 9.17) is 5.11 Å². The third-order valence-electron chi connectivity index (χ3n) is 4.08. The number of nitrogens with zero attached hydrogens (tertiary/aromatic N) is 6. The highest BCUT2D eigenvalue weighted by molar-refractivity contribution is 5.67. The van der Waals surface area contributed by atoms with Crippen LogP contribution in [0.1, 0.15) is 6.92 Å². The van der Waals surface area contributed by atoms with Gasteiger partial charge in [-0.3, -0.25) is 10.1 Å². The first-order valence-corrected chi connectivity index (χ1v) is 7.88. The number of aromatic nitrogens is 3. The van der Waals surface area contributed by atoms with Gasteiger partial charge in [0.25, 0.3) is 0 Å². The molecule has 0 unspecified atom stereocenters. The molecule has 26 heavy (non-hydrogen) atoms. The smallest absolute Gasteiger partial charge is 0.407 e. The molecule has 11 nitrogen and oxygen atoms in total. The third kappa shape index (κ3) is 3.61. The average molecular weight is 359 g/mol. The predicted molar refractivity (Wildman–Crippen MR) is 92.6 cm³/mol. The van der Waals surface area contributed by atoms with Crippen molar-refractivity contribution in [3.63, 3.8) is 0 Å². The zero-order chi connectivity index (χ0) is 18.7. The lowest BCUT2D eigenvalue weighted by Crippen LogP contribution is -2.53. The molecule has 136 valence electrons. The van der Waals surface area contributed by atoms with Gasteiger partial charge in [-0.15, -0.1) is 0 Å². The van der Waals surface area contributed by atoms with Crippen molar-refractivity contribution in [1.82, 2.24) is 19.9 Å². The molecule has 11 heteroatoms. The van der Waals surface area contributed by atoms with Crippen LogP contribution in [0.2, 0.25) is 0 Å². The summed E-state index contributed by atoms with van der Waals surface area (Å²) in [5, 5.41) is 23.2. The standard InChI is InChI=1S/C15H17N7O4/c1-10-8-20(15(23)24)6-7-21(10)13-3-2-11(22(25)26)14(19-13)18-12-4-5-16-9-17-12/h2-5,9-10H,6-8H2,1H3,(H,23,24)(H,16,17,18,19)/t10-/m0/s1. The van der Waals surface area contributed by atoms with E-state index in [1.54, 1.807) is 12.1 Å². The van der Waals surface area contributed by atoms with E-state index in [-0.39, 0.29) is 17.5 Å². The van der Waals surface area contributed by atoms with Crippen molar-refractivity contribution in [1.29, 1.82) is 0 Å². The number of pyridine rings is 1. The third-order valence-corrected chi connectivity index (χ3v) is 4.08. The number of nitrogens with one attached hydrogen (secondary N) is 1. The molecular weight excluding hydrogens is 342 g/mol. The average Bonchev–Trinajstić information content (AvgIpc) is 2.62. The minimum Gasteiger partial charge on any atom is -0.465 e. The van der Waals surface area contributed by atoms with Gasteiger partial charge >= 0.3 is 11.8 Å². The van der Waals surface area contributed by atoms with Crippen LogP contribution in [-0.4, -0.2) is 61.7 Å². The van der Waals surface area contributed by atoms with E-state index in [9.17, 15) is 14.9 Å². The molecule has 1 fully saturated rings. The summed E-state index contributed by atoms with van der Waals surface area (Å²) in [4.78, 5) is 37.3. The van der Waals surface area contributed by atoms with Crippen molar-refractivity contribution in [3.8, 4) is 0 Å². The molecule has 1 aliphatic heterocycles. The van der Waals surface area contributed by atoms with E-state index in [0.717, 1.165) is 0 Å². The highest BCUT2D eigenvalue weighted by Gasteiger charge is 2.28. The second-order valence-corrected chi connectivity index (χ2v) is 5.78. The Morgan fingerprint density at radius 2 is 2.19 bits per heavy atom. The van der Waals surface area contributed by atoms with Gasteiger partial charge in [-0.1, -0.05) is 0 Å². The summed E-state index contributed by atoms with van der Waals surface area (Å²) in [6, 6.07) is 4.41. The number of amides is 1. The van der Waals surface area contributed by atoms with Crippen LogP contribution >= 0.6 is 0 Å². The molecule has 1 amide bonds. The van der Waals surface area contributed by atoms with Gasteiger partial charge < -0.3 is 20.2 Å². The topological polar surface area (TPSA) is 138 Å². The Kier molecular flexibility index (Phi) is 4.78. The summed E-state index contributed by atoms with van der Waals surface area (Å²) in [5.41, 5.74) is -0.177. The molecular formula is C15H17N7O4. The monoisotopic (exact) mass is 359 g/mol. The van der Waals surface area contributed by atoms with Crippen LogP contribution in [0.4, 0.5) is 27.9 Å². The zero-order valence-electron chi connectivity index (χ0n) is 13.9. The highest BCUT2D eigenvalue weighted by atomic mass is 16.6. The van der Waals surface area contributed by atoms with Crippen LogP contribution in [0.15, 0.2) is 30.7 Å². The quantitative estimate of drug-likeness (QED) is 0.617. The van der Waals surface area contributed by atoms with Gasteiger partial charge in [0.2, 0.25) is 5.82 Å². The second kappa shape index (κ2) is 7.17. The van der Waals surface area contributed by atoms with E-state index in [0.29, 0.717) is 31.3 Å². The number of hydrogen-bond donors (Lipinski definition) is 2. The van der Waals surface area contributed by atoms with Gasteiger partial charge in [0, 0.05) is 37.9 Å². The fourth-order valence-electron chi connectivity index (χ4n) is 2.80. The van der Waals surface area contributed by atoms with Crippen molar-refractivity contribution in [2.75, 3.05) is 29.9 Å². The van der Waals surface area contributed by atoms with Gasteiger partial charge in [-0.05, 0) is 19.1 Å². The largest absolute Gasteiger partial charge is 0.465 e. The Hall–Kier alpha value is -3.50. The number of anilines is 3. The molecule has 1 atom stereocenters. The summed E-state index contributed by atoms with van der Waals surface area (Å²) in [7, 11) is 0. The molecule has 1 saturated heterocycles. The normalized spacial score (nSPS) is 17.0. The molecule has 3 heterocycles. The molecule has 1 aliphatic rings. The number of carbonyl (C=O) groups is 1. The Balaban J connectivity index is 1.88. The zero-order valence-corrected chi connectivity index (χ0v) is 13.9.